The van der Waals surface area contributed by atoms with E-state index < -0.39 is 5.54 Å². The molecule has 1 aromatic carbocycles. The van der Waals surface area contributed by atoms with Crippen molar-refractivity contribution in [1.82, 2.24) is 20.4 Å². The number of rotatable bonds is 5. The molecule has 2 heterocycles. The molecule has 1 amide bonds. The molecule has 0 saturated heterocycles. The van der Waals surface area contributed by atoms with Gasteiger partial charge < -0.3 is 14.3 Å². The molecule has 7 heteroatoms. The minimum Gasteiger partial charge on any atom is -0.444 e. The highest BCUT2D eigenvalue weighted by Crippen LogP contribution is 2.20. The van der Waals surface area contributed by atoms with Gasteiger partial charge in [0.1, 0.15) is 6.26 Å². The van der Waals surface area contributed by atoms with E-state index >= 15 is 0 Å². The Bertz CT molecular complexity index is 836. The maximum atomic E-state index is 11.2. The molecule has 0 fully saturated rings. The third-order valence-corrected chi connectivity index (χ3v) is 3.42. The molecule has 0 spiro atoms. The van der Waals surface area contributed by atoms with Crippen molar-refractivity contribution in [3.63, 3.8) is 0 Å². The largest absolute Gasteiger partial charge is 0.444 e. The molecule has 1 N–H and O–H groups in total. The maximum Gasteiger partial charge on any atom is 0.232 e. The van der Waals surface area contributed by atoms with E-state index in [4.69, 9.17) is 8.94 Å². The lowest BCUT2D eigenvalue weighted by molar-refractivity contribution is -0.120. The van der Waals surface area contributed by atoms with Gasteiger partial charge in [-0.2, -0.15) is 4.98 Å². The second kappa shape index (κ2) is 6.27. The molecule has 0 radical (unpaired) electrons. The van der Waals surface area contributed by atoms with E-state index in [1.807, 2.05) is 44.2 Å². The topological polar surface area (TPSA) is 94.1 Å². The molecule has 3 rings (SSSR count). The van der Waals surface area contributed by atoms with E-state index in [0.717, 1.165) is 5.56 Å². The van der Waals surface area contributed by atoms with Gasteiger partial charge in [0.05, 0.1) is 17.7 Å². The van der Waals surface area contributed by atoms with Crippen LogP contribution in [0.2, 0.25) is 0 Å². The van der Waals surface area contributed by atoms with Crippen LogP contribution < -0.4 is 5.32 Å². The molecule has 3 aromatic rings. The minimum atomic E-state index is -0.702. The van der Waals surface area contributed by atoms with Crippen LogP contribution in [-0.2, 0) is 16.8 Å². The number of nitrogens with zero attached hydrogens (tertiary/aromatic N) is 3. The Kier molecular flexibility index (Phi) is 4.16. The number of benzene rings is 1. The lowest BCUT2D eigenvalue weighted by Gasteiger charge is -2.20. The third kappa shape index (κ3) is 3.51. The summed E-state index contributed by atoms with van der Waals surface area (Å²) in [6, 6.07) is 9.64. The molecule has 0 aliphatic carbocycles. The number of carbonyl (C=O) groups is 1. The highest BCUT2D eigenvalue weighted by atomic mass is 16.5. The van der Waals surface area contributed by atoms with Crippen LogP contribution >= 0.6 is 0 Å². The van der Waals surface area contributed by atoms with Gasteiger partial charge in [-0.3, -0.25) is 4.79 Å². The van der Waals surface area contributed by atoms with Crippen molar-refractivity contribution in [2.45, 2.75) is 32.7 Å². The van der Waals surface area contributed by atoms with Crippen molar-refractivity contribution in [1.29, 1.82) is 0 Å². The third-order valence-electron chi connectivity index (χ3n) is 3.42. The fourth-order valence-electron chi connectivity index (χ4n) is 2.33. The first kappa shape index (κ1) is 15.9. The molecule has 0 unspecified atom stereocenters. The molecule has 0 aliphatic rings. The predicted molar refractivity (Wildman–Crippen MR) is 85.9 cm³/mol. The van der Waals surface area contributed by atoms with Crippen LogP contribution in [0.5, 0.6) is 0 Å². The quantitative estimate of drug-likeness (QED) is 0.774. The summed E-state index contributed by atoms with van der Waals surface area (Å²) < 4.78 is 10.7. The first-order valence-electron chi connectivity index (χ1n) is 7.56. The summed E-state index contributed by atoms with van der Waals surface area (Å²) in [6.07, 6.45) is 1.94. The van der Waals surface area contributed by atoms with Gasteiger partial charge >= 0.3 is 0 Å². The van der Waals surface area contributed by atoms with Crippen molar-refractivity contribution in [2.24, 2.45) is 0 Å². The Morgan fingerprint density at radius 2 is 1.96 bits per heavy atom. The van der Waals surface area contributed by atoms with Crippen LogP contribution in [0.4, 0.5) is 0 Å². The number of amides is 1. The predicted octanol–water partition coefficient (Wildman–Crippen LogP) is 2.69. The van der Waals surface area contributed by atoms with Gasteiger partial charge in [0.2, 0.25) is 17.7 Å². The normalized spacial score (nSPS) is 11.5. The van der Waals surface area contributed by atoms with Crippen LogP contribution in [0.15, 0.2) is 45.5 Å². The molecule has 0 saturated carbocycles. The van der Waals surface area contributed by atoms with Crippen LogP contribution in [0.1, 0.15) is 38.2 Å². The molecule has 24 heavy (non-hydrogen) atoms. The SMILES string of the molecule is CC(=O)NC(C)(C)c1noc(Cc2coc(-c3ccccc3)n2)n1. The summed E-state index contributed by atoms with van der Waals surface area (Å²) in [7, 11) is 0. The van der Waals surface area contributed by atoms with Crippen LogP contribution in [0, 0.1) is 0 Å². The average molecular weight is 326 g/mol. The van der Waals surface area contributed by atoms with Crippen molar-refractivity contribution >= 4 is 5.91 Å². The highest BCUT2D eigenvalue weighted by Gasteiger charge is 2.27. The Morgan fingerprint density at radius 3 is 2.67 bits per heavy atom. The van der Waals surface area contributed by atoms with E-state index in [2.05, 4.69) is 20.4 Å². The van der Waals surface area contributed by atoms with Crippen LogP contribution in [0.3, 0.4) is 0 Å². The molecule has 0 atom stereocenters. The van der Waals surface area contributed by atoms with E-state index in [0.29, 0.717) is 29.7 Å². The van der Waals surface area contributed by atoms with Gasteiger partial charge in [-0.05, 0) is 26.0 Å². The van der Waals surface area contributed by atoms with Crippen molar-refractivity contribution in [2.75, 3.05) is 0 Å². The van der Waals surface area contributed by atoms with Crippen molar-refractivity contribution < 1.29 is 13.7 Å². The number of carbonyl (C=O) groups excluding carboxylic acids is 1. The van der Waals surface area contributed by atoms with Gasteiger partial charge in [0.15, 0.2) is 5.82 Å². The van der Waals surface area contributed by atoms with Gasteiger partial charge in [0.25, 0.3) is 0 Å². The summed E-state index contributed by atoms with van der Waals surface area (Å²) in [5.41, 5.74) is 0.898. The van der Waals surface area contributed by atoms with E-state index in [1.165, 1.54) is 6.92 Å². The Labute approximate surface area is 139 Å². The van der Waals surface area contributed by atoms with Gasteiger partial charge in [-0.15, -0.1) is 0 Å². The Morgan fingerprint density at radius 1 is 1.21 bits per heavy atom. The van der Waals surface area contributed by atoms with E-state index in [9.17, 15) is 4.79 Å². The number of nitrogens with one attached hydrogen (secondary N) is 1. The van der Waals surface area contributed by atoms with Gasteiger partial charge in [0, 0.05) is 12.5 Å². The standard InChI is InChI=1S/C17H18N4O3/c1-11(22)20-17(2,3)16-19-14(24-21-16)9-13-10-23-15(18-13)12-7-5-4-6-8-12/h4-8,10H,9H2,1-3H3,(H,20,22). The molecule has 0 bridgehead atoms. The molecule has 0 aliphatic heterocycles. The summed E-state index contributed by atoms with van der Waals surface area (Å²) in [4.78, 5) is 20.0. The minimum absolute atomic E-state index is 0.157. The number of hydrogen-bond donors (Lipinski definition) is 1. The van der Waals surface area contributed by atoms with E-state index in [1.54, 1.807) is 6.26 Å². The Balaban J connectivity index is 1.74. The number of hydrogen-bond acceptors (Lipinski definition) is 6. The zero-order valence-electron chi connectivity index (χ0n) is 13.7. The second-order valence-electron chi connectivity index (χ2n) is 6.00. The smallest absolute Gasteiger partial charge is 0.232 e. The van der Waals surface area contributed by atoms with E-state index in [-0.39, 0.29) is 5.91 Å². The molecule has 2 aromatic heterocycles. The summed E-state index contributed by atoms with van der Waals surface area (Å²) in [6.45, 7) is 5.07. The molecule has 124 valence electrons. The zero-order valence-corrected chi connectivity index (χ0v) is 13.7. The van der Waals surface area contributed by atoms with Crippen LogP contribution in [0.25, 0.3) is 11.5 Å². The van der Waals surface area contributed by atoms with Crippen LogP contribution in [-0.4, -0.2) is 21.0 Å². The maximum absolute atomic E-state index is 11.2. The lowest BCUT2D eigenvalue weighted by Crippen LogP contribution is -2.40. The number of aromatic nitrogens is 3. The fraction of sp³-hybridized carbons (Fsp3) is 0.294. The first-order valence-corrected chi connectivity index (χ1v) is 7.56. The van der Waals surface area contributed by atoms with Crippen molar-refractivity contribution in [3.05, 3.63) is 54.0 Å². The number of oxazole rings is 1. The molecular weight excluding hydrogens is 308 g/mol. The summed E-state index contributed by atoms with van der Waals surface area (Å²) >= 11 is 0. The molecular formula is C17H18N4O3. The monoisotopic (exact) mass is 326 g/mol. The average Bonchev–Trinajstić information content (AvgIpc) is 3.17. The summed E-state index contributed by atoms with van der Waals surface area (Å²) in [5, 5.41) is 6.72. The zero-order chi connectivity index (χ0) is 17.2. The fourth-order valence-corrected chi connectivity index (χ4v) is 2.33. The lowest BCUT2D eigenvalue weighted by atomic mass is 10.1. The summed E-state index contributed by atoms with van der Waals surface area (Å²) in [5.74, 6) is 1.22. The second-order valence-corrected chi connectivity index (χ2v) is 6.00. The highest BCUT2D eigenvalue weighted by molar-refractivity contribution is 5.73. The Hall–Kier alpha value is -2.96. The molecule has 7 nitrogen and oxygen atoms in total. The first-order chi connectivity index (χ1) is 11.4. The van der Waals surface area contributed by atoms with Gasteiger partial charge in [-0.25, -0.2) is 4.98 Å². The van der Waals surface area contributed by atoms with Crippen molar-refractivity contribution in [3.8, 4) is 11.5 Å². The van der Waals surface area contributed by atoms with Gasteiger partial charge in [-0.1, -0.05) is 23.4 Å².